The van der Waals surface area contributed by atoms with Crippen molar-refractivity contribution < 1.29 is 19.1 Å². The number of hydrogen-bond acceptors (Lipinski definition) is 6. The molecule has 7 nitrogen and oxygen atoms in total. The molecule has 3 aliphatic heterocycles. The molecule has 3 unspecified atom stereocenters. The van der Waals surface area contributed by atoms with Crippen molar-refractivity contribution >= 4 is 11.8 Å². The van der Waals surface area contributed by atoms with Crippen molar-refractivity contribution in [1.82, 2.24) is 15.2 Å². The molecule has 30 heavy (non-hydrogen) atoms. The van der Waals surface area contributed by atoms with Crippen LogP contribution in [-0.2, 0) is 25.5 Å². The van der Waals surface area contributed by atoms with Crippen molar-refractivity contribution in [3.63, 3.8) is 0 Å². The van der Waals surface area contributed by atoms with E-state index in [0.29, 0.717) is 23.9 Å². The standard InChI is InChI=1S/C23H27N3O4/c27-21-19-20-18(29-15-30-20)7-8-23(19,22(28)25-21)12-17-6-3-11-26(14-17)10-2-5-16-4-1-9-24-13-16/h1,4,7-9,13,17,19H,2-3,5-6,10-12,14-15H2,(H,25,27,28). The quantitative estimate of drug-likeness (QED) is 0.726. The first kappa shape index (κ1) is 19.3. The van der Waals surface area contributed by atoms with Gasteiger partial charge in [-0.3, -0.25) is 19.9 Å². The van der Waals surface area contributed by atoms with Gasteiger partial charge in [-0.2, -0.15) is 0 Å². The largest absolute Gasteiger partial charge is 0.457 e. The number of allylic oxidation sites excluding steroid dienone is 1. The third-order valence-corrected chi connectivity index (χ3v) is 6.79. The minimum absolute atomic E-state index is 0.108. The summed E-state index contributed by atoms with van der Waals surface area (Å²) in [6.07, 6.45) is 12.4. The Morgan fingerprint density at radius 3 is 3.10 bits per heavy atom. The molecular formula is C23H27N3O4. The van der Waals surface area contributed by atoms with E-state index in [2.05, 4.69) is 21.3 Å². The summed E-state index contributed by atoms with van der Waals surface area (Å²) >= 11 is 0. The Kier molecular flexibility index (Phi) is 5.06. The van der Waals surface area contributed by atoms with Gasteiger partial charge in [0.2, 0.25) is 18.6 Å². The SMILES string of the molecule is O=C1NC(=O)C2(CC3CCCN(CCCc4cccnc4)C3)C=CC3=C(OCO3)C12. The molecule has 4 aliphatic rings. The zero-order chi connectivity index (χ0) is 20.6. The smallest absolute Gasteiger partial charge is 0.238 e. The fraction of sp³-hybridized carbons (Fsp3) is 0.522. The van der Waals surface area contributed by atoms with Crippen molar-refractivity contribution in [2.75, 3.05) is 26.4 Å². The number of nitrogens with one attached hydrogen (secondary N) is 1. The maximum atomic E-state index is 12.9. The van der Waals surface area contributed by atoms with Gasteiger partial charge in [0.15, 0.2) is 11.5 Å². The summed E-state index contributed by atoms with van der Waals surface area (Å²) < 4.78 is 11.0. The van der Waals surface area contributed by atoms with Crippen LogP contribution in [0.15, 0.2) is 48.2 Å². The number of carbonyl (C=O) groups excluding carboxylic acids is 2. The fourth-order valence-corrected chi connectivity index (χ4v) is 5.40. The van der Waals surface area contributed by atoms with Crippen LogP contribution in [0, 0.1) is 17.3 Å². The normalized spacial score (nSPS) is 30.5. The van der Waals surface area contributed by atoms with E-state index >= 15 is 0 Å². The highest BCUT2D eigenvalue weighted by atomic mass is 16.7. The summed E-state index contributed by atoms with van der Waals surface area (Å²) in [4.78, 5) is 32.2. The lowest BCUT2D eigenvalue weighted by Gasteiger charge is -2.38. The second kappa shape index (κ2) is 7.87. The van der Waals surface area contributed by atoms with Crippen LogP contribution in [0.25, 0.3) is 0 Å². The molecule has 1 aromatic heterocycles. The first-order valence-corrected chi connectivity index (χ1v) is 10.8. The van der Waals surface area contributed by atoms with Gasteiger partial charge in [0.25, 0.3) is 0 Å². The van der Waals surface area contributed by atoms with Crippen molar-refractivity contribution in [3.05, 3.63) is 53.8 Å². The molecule has 0 bridgehead atoms. The molecular weight excluding hydrogens is 382 g/mol. The van der Waals surface area contributed by atoms with Crippen LogP contribution in [0.1, 0.15) is 31.2 Å². The molecule has 3 atom stereocenters. The average molecular weight is 409 g/mol. The number of fused-ring (bicyclic) bond motifs is 2. The zero-order valence-electron chi connectivity index (χ0n) is 17.0. The number of carbonyl (C=O) groups is 2. The van der Waals surface area contributed by atoms with Crippen LogP contribution >= 0.6 is 0 Å². The van der Waals surface area contributed by atoms with Gasteiger partial charge in [-0.25, -0.2) is 0 Å². The summed E-state index contributed by atoms with van der Waals surface area (Å²) in [5, 5.41) is 2.55. The van der Waals surface area contributed by atoms with Gasteiger partial charge in [0, 0.05) is 18.9 Å². The fourth-order valence-electron chi connectivity index (χ4n) is 5.40. The number of amides is 2. The molecule has 2 saturated heterocycles. The number of aryl methyl sites for hydroxylation is 1. The molecule has 0 spiro atoms. The maximum absolute atomic E-state index is 12.9. The first-order chi connectivity index (χ1) is 14.7. The van der Waals surface area contributed by atoms with Crippen molar-refractivity contribution in [3.8, 4) is 0 Å². The summed E-state index contributed by atoms with van der Waals surface area (Å²) in [7, 11) is 0. The molecule has 1 N–H and O–H groups in total. The number of ether oxygens (including phenoxy) is 2. The Morgan fingerprint density at radius 2 is 2.23 bits per heavy atom. The Labute approximate surface area is 176 Å². The maximum Gasteiger partial charge on any atom is 0.238 e. The summed E-state index contributed by atoms with van der Waals surface area (Å²) in [5.74, 6) is 0.390. The van der Waals surface area contributed by atoms with E-state index in [1.807, 2.05) is 24.4 Å². The Morgan fingerprint density at radius 1 is 1.30 bits per heavy atom. The number of nitrogens with zero attached hydrogens (tertiary/aromatic N) is 2. The van der Waals surface area contributed by atoms with E-state index in [0.717, 1.165) is 45.3 Å². The first-order valence-electron chi connectivity index (χ1n) is 10.8. The van der Waals surface area contributed by atoms with Gasteiger partial charge in [0.1, 0.15) is 5.92 Å². The number of hydrogen-bond donors (Lipinski definition) is 1. The van der Waals surface area contributed by atoms with Gasteiger partial charge in [-0.05, 0) is 68.8 Å². The van der Waals surface area contributed by atoms with Gasteiger partial charge < -0.3 is 14.4 Å². The van der Waals surface area contributed by atoms with E-state index in [-0.39, 0.29) is 18.6 Å². The van der Waals surface area contributed by atoms with Gasteiger partial charge in [0.05, 0.1) is 5.41 Å². The molecule has 0 radical (unpaired) electrons. The number of aromatic nitrogens is 1. The van der Waals surface area contributed by atoms with Gasteiger partial charge in [-0.15, -0.1) is 0 Å². The second-order valence-electron chi connectivity index (χ2n) is 8.74. The van der Waals surface area contributed by atoms with Gasteiger partial charge in [-0.1, -0.05) is 12.1 Å². The summed E-state index contributed by atoms with van der Waals surface area (Å²) in [5.41, 5.74) is 0.414. The predicted molar refractivity (Wildman–Crippen MR) is 109 cm³/mol. The molecule has 2 amide bonds. The highest BCUT2D eigenvalue weighted by Crippen LogP contribution is 2.50. The molecule has 7 heteroatoms. The number of piperidine rings is 1. The minimum atomic E-state index is -0.854. The molecule has 5 rings (SSSR count). The minimum Gasteiger partial charge on any atom is -0.457 e. The van der Waals surface area contributed by atoms with Crippen molar-refractivity contribution in [1.29, 1.82) is 0 Å². The molecule has 4 heterocycles. The van der Waals surface area contributed by atoms with E-state index < -0.39 is 11.3 Å². The zero-order valence-corrected chi connectivity index (χ0v) is 17.0. The lowest BCUT2D eigenvalue weighted by atomic mass is 9.67. The molecule has 1 aromatic rings. The van der Waals surface area contributed by atoms with Crippen LogP contribution in [0.4, 0.5) is 0 Å². The lowest BCUT2D eigenvalue weighted by molar-refractivity contribution is -0.128. The van der Waals surface area contributed by atoms with Crippen LogP contribution in [-0.4, -0.2) is 48.1 Å². The Hall–Kier alpha value is -2.67. The van der Waals surface area contributed by atoms with E-state index in [9.17, 15) is 9.59 Å². The Balaban J connectivity index is 1.24. The van der Waals surface area contributed by atoms with Crippen LogP contribution < -0.4 is 5.32 Å². The Bertz CT molecular complexity index is 897. The van der Waals surface area contributed by atoms with Crippen LogP contribution in [0.2, 0.25) is 0 Å². The highest BCUT2D eigenvalue weighted by Gasteiger charge is 2.59. The van der Waals surface area contributed by atoms with Crippen LogP contribution in [0.5, 0.6) is 0 Å². The van der Waals surface area contributed by atoms with Crippen LogP contribution in [0.3, 0.4) is 0 Å². The molecule has 0 aromatic carbocycles. The second-order valence-corrected chi connectivity index (χ2v) is 8.74. The monoisotopic (exact) mass is 409 g/mol. The number of rotatable bonds is 6. The lowest BCUT2D eigenvalue weighted by Crippen LogP contribution is -2.43. The average Bonchev–Trinajstić information content (AvgIpc) is 3.31. The topological polar surface area (TPSA) is 80.8 Å². The predicted octanol–water partition coefficient (Wildman–Crippen LogP) is 2.16. The number of likely N-dealkylation sites (tertiary alicyclic amines) is 1. The van der Waals surface area contributed by atoms with Gasteiger partial charge >= 0.3 is 0 Å². The number of imide groups is 1. The van der Waals surface area contributed by atoms with Crippen molar-refractivity contribution in [2.24, 2.45) is 17.3 Å². The highest BCUT2D eigenvalue weighted by molar-refractivity contribution is 6.10. The third kappa shape index (κ3) is 3.41. The van der Waals surface area contributed by atoms with E-state index in [1.165, 1.54) is 5.56 Å². The summed E-state index contributed by atoms with van der Waals surface area (Å²) in [6, 6.07) is 4.10. The molecule has 2 fully saturated rings. The molecule has 158 valence electrons. The molecule has 1 aliphatic carbocycles. The number of pyridine rings is 1. The van der Waals surface area contributed by atoms with E-state index in [4.69, 9.17) is 9.47 Å². The van der Waals surface area contributed by atoms with Crippen molar-refractivity contribution in [2.45, 2.75) is 32.1 Å². The third-order valence-electron chi connectivity index (χ3n) is 6.79. The summed E-state index contributed by atoms with van der Waals surface area (Å²) in [6.45, 7) is 3.19. The molecule has 0 saturated carbocycles. The van der Waals surface area contributed by atoms with E-state index in [1.54, 1.807) is 6.20 Å².